The van der Waals surface area contributed by atoms with Gasteiger partial charge in [0.25, 0.3) is 0 Å². The molecule has 0 fully saturated rings. The Labute approximate surface area is 150 Å². The van der Waals surface area contributed by atoms with E-state index in [-0.39, 0.29) is 11.2 Å². The maximum atomic E-state index is 12.4. The van der Waals surface area contributed by atoms with Crippen molar-refractivity contribution in [2.45, 2.75) is 37.7 Å². The van der Waals surface area contributed by atoms with E-state index < -0.39 is 0 Å². The molecule has 1 atom stereocenters. The number of carbonyl (C=O) groups is 1. The third-order valence-electron chi connectivity index (χ3n) is 3.11. The average molecular weight is 370 g/mol. The lowest BCUT2D eigenvalue weighted by atomic mass is 10.2. The van der Waals surface area contributed by atoms with E-state index in [0.717, 1.165) is 0 Å². The van der Waals surface area contributed by atoms with E-state index >= 15 is 0 Å². The molecule has 1 heterocycles. The lowest BCUT2D eigenvalue weighted by Gasteiger charge is -2.14. The molecule has 0 saturated heterocycles. The fourth-order valence-electron chi connectivity index (χ4n) is 1.97. The normalized spacial score (nSPS) is 12.2. The Morgan fingerprint density at radius 3 is 2.83 bits per heavy atom. The number of ether oxygens (including phenoxy) is 1. The van der Waals surface area contributed by atoms with Crippen molar-refractivity contribution in [3.63, 3.8) is 0 Å². The lowest BCUT2D eigenvalue weighted by molar-refractivity contribution is -0.115. The van der Waals surface area contributed by atoms with E-state index in [9.17, 15) is 4.79 Å². The highest BCUT2D eigenvalue weighted by molar-refractivity contribution is 8.00. The number of nitrogens with zero attached hydrogens (tertiary/aromatic N) is 4. The van der Waals surface area contributed by atoms with E-state index in [4.69, 9.17) is 16.3 Å². The number of aromatic nitrogens is 4. The summed E-state index contributed by atoms with van der Waals surface area (Å²) in [4.78, 5) is 12.4. The predicted octanol–water partition coefficient (Wildman–Crippen LogP) is 3.11. The number of rotatable bonds is 7. The summed E-state index contributed by atoms with van der Waals surface area (Å²) >= 11 is 7.28. The van der Waals surface area contributed by atoms with Crippen LogP contribution >= 0.6 is 23.4 Å². The van der Waals surface area contributed by atoms with Crippen LogP contribution in [0.3, 0.4) is 0 Å². The van der Waals surface area contributed by atoms with Crippen LogP contribution < -0.4 is 10.1 Å². The van der Waals surface area contributed by atoms with Crippen LogP contribution in [0.5, 0.6) is 5.75 Å². The fraction of sp³-hybridized carbons (Fsp3) is 0.467. The van der Waals surface area contributed by atoms with Crippen molar-refractivity contribution in [2.24, 2.45) is 5.92 Å². The Bertz CT molecular complexity index is 707. The van der Waals surface area contributed by atoms with Crippen LogP contribution in [0, 0.1) is 5.92 Å². The quantitative estimate of drug-likeness (QED) is 0.755. The van der Waals surface area contributed by atoms with Gasteiger partial charge in [0, 0.05) is 11.6 Å². The van der Waals surface area contributed by atoms with Crippen LogP contribution in [0.25, 0.3) is 0 Å². The maximum absolute atomic E-state index is 12.4. The SMILES string of the molecule is COc1ccc(Cl)cc1NC(=O)C(C)Sc1nnnn1CC(C)C. The van der Waals surface area contributed by atoms with Gasteiger partial charge in [-0.25, -0.2) is 4.68 Å². The molecular weight excluding hydrogens is 350 g/mol. The van der Waals surface area contributed by atoms with Crippen molar-refractivity contribution in [3.05, 3.63) is 23.2 Å². The topological polar surface area (TPSA) is 81.9 Å². The van der Waals surface area contributed by atoms with Crippen molar-refractivity contribution < 1.29 is 9.53 Å². The highest BCUT2D eigenvalue weighted by atomic mass is 35.5. The summed E-state index contributed by atoms with van der Waals surface area (Å²) in [5, 5.41) is 15.2. The summed E-state index contributed by atoms with van der Waals surface area (Å²) in [5.41, 5.74) is 0.532. The molecule has 0 bridgehead atoms. The van der Waals surface area contributed by atoms with E-state index in [1.165, 1.54) is 18.9 Å². The van der Waals surface area contributed by atoms with E-state index in [1.54, 1.807) is 29.8 Å². The Morgan fingerprint density at radius 2 is 2.17 bits per heavy atom. The molecule has 0 saturated carbocycles. The summed E-state index contributed by atoms with van der Waals surface area (Å²) in [7, 11) is 1.54. The predicted molar refractivity (Wildman–Crippen MR) is 94.6 cm³/mol. The van der Waals surface area contributed by atoms with Crippen LogP contribution in [-0.4, -0.2) is 38.5 Å². The molecular formula is C15H20ClN5O2S. The van der Waals surface area contributed by atoms with E-state index in [1.807, 2.05) is 0 Å². The summed E-state index contributed by atoms with van der Waals surface area (Å²) in [6.45, 7) is 6.66. The third-order valence-corrected chi connectivity index (χ3v) is 4.41. The van der Waals surface area contributed by atoms with Crippen LogP contribution in [0.1, 0.15) is 20.8 Å². The molecule has 0 aliphatic rings. The summed E-state index contributed by atoms with van der Waals surface area (Å²) in [5.74, 6) is 0.780. The van der Waals surface area contributed by atoms with Crippen molar-refractivity contribution in [2.75, 3.05) is 12.4 Å². The highest BCUT2D eigenvalue weighted by Gasteiger charge is 2.20. The summed E-state index contributed by atoms with van der Waals surface area (Å²) in [6.07, 6.45) is 0. The molecule has 0 aliphatic carbocycles. The first-order chi connectivity index (χ1) is 11.4. The highest BCUT2D eigenvalue weighted by Crippen LogP contribution is 2.29. The molecule has 24 heavy (non-hydrogen) atoms. The number of amides is 1. The number of carbonyl (C=O) groups excluding carboxylic acids is 1. The van der Waals surface area contributed by atoms with Gasteiger partial charge in [-0.1, -0.05) is 37.2 Å². The maximum Gasteiger partial charge on any atom is 0.237 e. The molecule has 2 aromatic rings. The zero-order valence-electron chi connectivity index (χ0n) is 14.0. The molecule has 9 heteroatoms. The summed E-state index contributed by atoms with van der Waals surface area (Å²) in [6, 6.07) is 5.06. The van der Waals surface area contributed by atoms with Gasteiger partial charge in [-0.15, -0.1) is 5.10 Å². The van der Waals surface area contributed by atoms with Crippen molar-refractivity contribution in [1.29, 1.82) is 0 Å². The van der Waals surface area contributed by atoms with Gasteiger partial charge in [0.05, 0.1) is 18.0 Å². The first-order valence-electron chi connectivity index (χ1n) is 7.48. The summed E-state index contributed by atoms with van der Waals surface area (Å²) < 4.78 is 6.94. The number of tetrazole rings is 1. The molecule has 1 N–H and O–H groups in total. The van der Waals surface area contributed by atoms with Gasteiger partial charge in [0.1, 0.15) is 5.75 Å². The minimum Gasteiger partial charge on any atom is -0.495 e. The number of hydrogen-bond acceptors (Lipinski definition) is 6. The smallest absolute Gasteiger partial charge is 0.237 e. The van der Waals surface area contributed by atoms with Crippen LogP contribution in [0.15, 0.2) is 23.4 Å². The zero-order chi connectivity index (χ0) is 17.7. The minimum atomic E-state index is -0.384. The largest absolute Gasteiger partial charge is 0.495 e. The average Bonchev–Trinajstić information content (AvgIpc) is 2.93. The number of anilines is 1. The Balaban J connectivity index is 2.05. The van der Waals surface area contributed by atoms with Gasteiger partial charge >= 0.3 is 0 Å². The number of nitrogens with one attached hydrogen (secondary N) is 1. The second kappa shape index (κ2) is 8.34. The molecule has 0 spiro atoms. The Morgan fingerprint density at radius 1 is 1.42 bits per heavy atom. The van der Waals surface area contributed by atoms with Gasteiger partial charge in [-0.2, -0.15) is 0 Å². The molecule has 130 valence electrons. The number of methoxy groups -OCH3 is 1. The van der Waals surface area contributed by atoms with E-state index in [2.05, 4.69) is 34.7 Å². The number of hydrogen-bond donors (Lipinski definition) is 1. The molecule has 1 aromatic heterocycles. The van der Waals surface area contributed by atoms with Crippen molar-refractivity contribution in [1.82, 2.24) is 20.2 Å². The van der Waals surface area contributed by atoms with Crippen molar-refractivity contribution >= 4 is 35.0 Å². The molecule has 7 nitrogen and oxygen atoms in total. The Kier molecular flexibility index (Phi) is 6.44. The first-order valence-corrected chi connectivity index (χ1v) is 8.73. The number of benzene rings is 1. The zero-order valence-corrected chi connectivity index (χ0v) is 15.6. The lowest BCUT2D eigenvalue weighted by Crippen LogP contribution is -2.23. The molecule has 1 amide bonds. The van der Waals surface area contributed by atoms with Crippen LogP contribution in [-0.2, 0) is 11.3 Å². The first kappa shape index (κ1) is 18.5. The van der Waals surface area contributed by atoms with E-state index in [0.29, 0.717) is 34.1 Å². The third kappa shape index (κ3) is 4.85. The molecule has 1 aromatic carbocycles. The molecule has 0 radical (unpaired) electrons. The second-order valence-corrected chi connectivity index (χ2v) is 7.38. The Hall–Kier alpha value is -1.80. The van der Waals surface area contributed by atoms with Gasteiger partial charge in [-0.05, 0) is 41.5 Å². The van der Waals surface area contributed by atoms with Gasteiger partial charge in [0.15, 0.2) is 0 Å². The molecule has 1 unspecified atom stereocenters. The molecule has 0 aliphatic heterocycles. The van der Waals surface area contributed by atoms with Gasteiger partial charge in [0.2, 0.25) is 11.1 Å². The van der Waals surface area contributed by atoms with Gasteiger partial charge in [-0.3, -0.25) is 4.79 Å². The van der Waals surface area contributed by atoms with Crippen molar-refractivity contribution in [3.8, 4) is 5.75 Å². The van der Waals surface area contributed by atoms with Crippen LogP contribution in [0.4, 0.5) is 5.69 Å². The monoisotopic (exact) mass is 369 g/mol. The minimum absolute atomic E-state index is 0.181. The molecule has 2 rings (SSSR count). The van der Waals surface area contributed by atoms with Crippen LogP contribution in [0.2, 0.25) is 5.02 Å². The van der Waals surface area contributed by atoms with Gasteiger partial charge < -0.3 is 10.1 Å². The number of halogens is 1. The number of thioether (sulfide) groups is 1. The second-order valence-electron chi connectivity index (χ2n) is 5.63. The fourth-order valence-corrected chi connectivity index (χ4v) is 2.94. The standard InChI is InChI=1S/C15H20ClN5O2S/c1-9(2)8-21-15(18-19-20-21)24-10(3)14(22)17-12-7-11(16)5-6-13(12)23-4/h5-7,9-10H,8H2,1-4H3,(H,17,22).